The van der Waals surface area contributed by atoms with E-state index in [1.54, 1.807) is 7.11 Å². The van der Waals surface area contributed by atoms with Crippen LogP contribution in [0.15, 0.2) is 48.5 Å². The van der Waals surface area contributed by atoms with Crippen LogP contribution in [-0.2, 0) is 6.54 Å². The van der Waals surface area contributed by atoms with Crippen LogP contribution in [0, 0.1) is 0 Å². The van der Waals surface area contributed by atoms with E-state index in [1.165, 1.54) is 5.56 Å². The average Bonchev–Trinajstić information content (AvgIpc) is 2.48. The van der Waals surface area contributed by atoms with Crippen LogP contribution in [0.3, 0.4) is 0 Å². The van der Waals surface area contributed by atoms with Crippen molar-refractivity contribution in [3.63, 3.8) is 0 Å². The Morgan fingerprint density at radius 1 is 1.14 bits per heavy atom. The molecule has 0 aliphatic heterocycles. The summed E-state index contributed by atoms with van der Waals surface area (Å²) in [6, 6.07) is 15.9. The maximum Gasteiger partial charge on any atom is 0.123 e. The van der Waals surface area contributed by atoms with Crippen LogP contribution in [0.5, 0.6) is 5.75 Å². The third-order valence-electron chi connectivity index (χ3n) is 3.28. The van der Waals surface area contributed by atoms with Crippen molar-refractivity contribution in [1.82, 2.24) is 4.90 Å². The molecule has 1 N–H and O–H groups in total. The second-order valence-corrected chi connectivity index (χ2v) is 5.42. The Balaban J connectivity index is 1.81. The first-order chi connectivity index (χ1) is 10.2. The lowest BCUT2D eigenvalue weighted by Crippen LogP contribution is -2.25. The zero-order chi connectivity index (χ0) is 15.1. The van der Waals surface area contributed by atoms with Crippen molar-refractivity contribution in [2.24, 2.45) is 0 Å². The number of nitrogens with zero attached hydrogens (tertiary/aromatic N) is 1. The molecule has 0 aliphatic carbocycles. The molecule has 0 fully saturated rings. The van der Waals surface area contributed by atoms with E-state index in [9.17, 15) is 0 Å². The molecule has 0 saturated carbocycles. The summed E-state index contributed by atoms with van der Waals surface area (Å²) in [7, 11) is 3.81. The molecule has 0 saturated heterocycles. The van der Waals surface area contributed by atoms with Crippen LogP contribution in [0.1, 0.15) is 5.56 Å². The molecule has 0 heterocycles. The lowest BCUT2D eigenvalue weighted by atomic mass is 10.2. The minimum atomic E-state index is 0.752. The first-order valence-corrected chi connectivity index (χ1v) is 7.36. The van der Waals surface area contributed by atoms with E-state index < -0.39 is 0 Å². The fourth-order valence-electron chi connectivity index (χ4n) is 2.19. The van der Waals surface area contributed by atoms with Gasteiger partial charge >= 0.3 is 0 Å². The van der Waals surface area contributed by atoms with Gasteiger partial charge in [0.25, 0.3) is 0 Å². The average molecular weight is 305 g/mol. The van der Waals surface area contributed by atoms with Gasteiger partial charge in [0.15, 0.2) is 0 Å². The highest BCUT2D eigenvalue weighted by atomic mass is 35.5. The van der Waals surface area contributed by atoms with Crippen molar-refractivity contribution < 1.29 is 4.74 Å². The van der Waals surface area contributed by atoms with Crippen molar-refractivity contribution in [3.05, 3.63) is 59.1 Å². The largest absolute Gasteiger partial charge is 0.496 e. The number of hydrogen-bond donors (Lipinski definition) is 1. The normalized spacial score (nSPS) is 10.7. The monoisotopic (exact) mass is 304 g/mol. The Morgan fingerprint density at radius 3 is 2.71 bits per heavy atom. The second-order valence-electron chi connectivity index (χ2n) is 4.99. The molecule has 21 heavy (non-hydrogen) atoms. The van der Waals surface area contributed by atoms with Crippen LogP contribution in [0.2, 0.25) is 5.02 Å². The molecule has 0 aliphatic rings. The van der Waals surface area contributed by atoms with E-state index in [1.807, 2.05) is 42.5 Å². The zero-order valence-corrected chi connectivity index (χ0v) is 13.2. The van der Waals surface area contributed by atoms with E-state index in [2.05, 4.69) is 23.3 Å². The van der Waals surface area contributed by atoms with Crippen LogP contribution in [-0.4, -0.2) is 32.1 Å². The minimum absolute atomic E-state index is 0.752. The molecule has 0 amide bonds. The molecular formula is C17H21ClN2O. The molecule has 4 heteroatoms. The number of anilines is 1. The van der Waals surface area contributed by atoms with Crippen molar-refractivity contribution in [2.75, 3.05) is 32.6 Å². The van der Waals surface area contributed by atoms with Gasteiger partial charge in [-0.15, -0.1) is 0 Å². The van der Waals surface area contributed by atoms with Gasteiger partial charge < -0.3 is 15.0 Å². The fraction of sp³-hybridized carbons (Fsp3) is 0.294. The highest BCUT2D eigenvalue weighted by Gasteiger charge is 2.05. The van der Waals surface area contributed by atoms with Crippen LogP contribution < -0.4 is 10.1 Å². The maximum absolute atomic E-state index is 5.96. The molecule has 2 aromatic carbocycles. The number of nitrogens with one attached hydrogen (secondary N) is 1. The Labute approximate surface area is 131 Å². The Kier molecular flexibility index (Phi) is 5.90. The number of benzene rings is 2. The molecule has 0 radical (unpaired) electrons. The predicted molar refractivity (Wildman–Crippen MR) is 89.3 cm³/mol. The summed E-state index contributed by atoms with van der Waals surface area (Å²) in [5.41, 5.74) is 2.25. The molecule has 0 spiro atoms. The molecule has 112 valence electrons. The van der Waals surface area contributed by atoms with E-state index >= 15 is 0 Å². The molecule has 2 aromatic rings. The molecular weight excluding hydrogens is 284 g/mol. The van der Waals surface area contributed by atoms with E-state index in [-0.39, 0.29) is 0 Å². The number of ether oxygens (including phenoxy) is 1. The SMILES string of the molecule is COc1ccccc1CN(C)CCNc1cccc(Cl)c1. The Morgan fingerprint density at radius 2 is 1.95 bits per heavy atom. The van der Waals surface area contributed by atoms with E-state index in [0.717, 1.165) is 36.1 Å². The van der Waals surface area contributed by atoms with Gasteiger partial charge in [0.1, 0.15) is 5.75 Å². The molecule has 0 bridgehead atoms. The highest BCUT2D eigenvalue weighted by Crippen LogP contribution is 2.18. The first kappa shape index (κ1) is 15.7. The molecule has 0 unspecified atom stereocenters. The van der Waals surface area contributed by atoms with E-state index in [0.29, 0.717) is 0 Å². The number of hydrogen-bond acceptors (Lipinski definition) is 3. The number of para-hydroxylation sites is 1. The number of likely N-dealkylation sites (N-methyl/N-ethyl adjacent to an activating group) is 1. The van der Waals surface area contributed by atoms with Gasteiger partial charge in [-0.3, -0.25) is 0 Å². The van der Waals surface area contributed by atoms with Crippen LogP contribution >= 0.6 is 11.6 Å². The minimum Gasteiger partial charge on any atom is -0.496 e. The van der Waals surface area contributed by atoms with Gasteiger partial charge in [0, 0.05) is 35.9 Å². The lowest BCUT2D eigenvalue weighted by Gasteiger charge is -2.19. The molecule has 2 rings (SSSR count). The zero-order valence-electron chi connectivity index (χ0n) is 12.5. The van der Waals surface area contributed by atoms with Gasteiger partial charge in [0.2, 0.25) is 0 Å². The Hall–Kier alpha value is -1.71. The van der Waals surface area contributed by atoms with E-state index in [4.69, 9.17) is 16.3 Å². The quantitative estimate of drug-likeness (QED) is 0.840. The van der Waals surface area contributed by atoms with Gasteiger partial charge in [-0.25, -0.2) is 0 Å². The van der Waals surface area contributed by atoms with Gasteiger partial charge in [-0.05, 0) is 31.3 Å². The summed E-state index contributed by atoms with van der Waals surface area (Å²) in [6.45, 7) is 2.66. The number of methoxy groups -OCH3 is 1. The standard InChI is InChI=1S/C17H21ClN2O/c1-20(13-14-6-3-4-9-17(14)21-2)11-10-19-16-8-5-7-15(18)12-16/h3-9,12,19H,10-11,13H2,1-2H3. The first-order valence-electron chi connectivity index (χ1n) is 6.99. The number of halogens is 1. The molecule has 3 nitrogen and oxygen atoms in total. The summed E-state index contributed by atoms with van der Waals surface area (Å²) in [6.07, 6.45) is 0. The summed E-state index contributed by atoms with van der Waals surface area (Å²) in [5, 5.41) is 4.13. The lowest BCUT2D eigenvalue weighted by molar-refractivity contribution is 0.328. The molecule has 0 atom stereocenters. The highest BCUT2D eigenvalue weighted by molar-refractivity contribution is 6.30. The fourth-order valence-corrected chi connectivity index (χ4v) is 2.38. The Bertz CT molecular complexity index is 574. The summed E-state index contributed by atoms with van der Waals surface area (Å²) < 4.78 is 5.38. The molecule has 0 aromatic heterocycles. The van der Waals surface area contributed by atoms with Crippen molar-refractivity contribution in [1.29, 1.82) is 0 Å². The van der Waals surface area contributed by atoms with Crippen molar-refractivity contribution >= 4 is 17.3 Å². The van der Waals surface area contributed by atoms with Gasteiger partial charge in [0.05, 0.1) is 7.11 Å². The predicted octanol–water partition coefficient (Wildman–Crippen LogP) is 3.89. The van der Waals surface area contributed by atoms with Crippen molar-refractivity contribution in [2.45, 2.75) is 6.54 Å². The summed E-state index contributed by atoms with van der Waals surface area (Å²) in [4.78, 5) is 2.26. The maximum atomic E-state index is 5.96. The smallest absolute Gasteiger partial charge is 0.123 e. The topological polar surface area (TPSA) is 24.5 Å². The van der Waals surface area contributed by atoms with Gasteiger partial charge in [-0.1, -0.05) is 35.9 Å². The summed E-state index contributed by atoms with van der Waals surface area (Å²) in [5.74, 6) is 0.937. The van der Waals surface area contributed by atoms with Gasteiger partial charge in [-0.2, -0.15) is 0 Å². The number of rotatable bonds is 7. The third-order valence-corrected chi connectivity index (χ3v) is 3.52. The van der Waals surface area contributed by atoms with Crippen LogP contribution in [0.25, 0.3) is 0 Å². The van der Waals surface area contributed by atoms with Crippen molar-refractivity contribution in [3.8, 4) is 5.75 Å². The summed E-state index contributed by atoms with van der Waals surface area (Å²) >= 11 is 5.96. The third kappa shape index (κ3) is 4.96. The van der Waals surface area contributed by atoms with Crippen LogP contribution in [0.4, 0.5) is 5.69 Å². The second kappa shape index (κ2) is 7.91.